The number of carboxylic acids is 1. The van der Waals surface area contributed by atoms with Crippen molar-refractivity contribution in [2.75, 3.05) is 0 Å². The zero-order valence-corrected chi connectivity index (χ0v) is 10.3. The summed E-state index contributed by atoms with van der Waals surface area (Å²) in [5, 5.41) is 13.6. The molecule has 2 unspecified atom stereocenters. The first-order valence-electron chi connectivity index (χ1n) is 6.06. The molecular formula is C12H17N3O2. The zero-order valence-electron chi connectivity index (χ0n) is 10.3. The molecule has 2 aliphatic carbocycles. The van der Waals surface area contributed by atoms with Crippen LogP contribution in [0.2, 0.25) is 0 Å². The van der Waals surface area contributed by atoms with Gasteiger partial charge in [-0.25, -0.2) is 4.98 Å². The Hall–Kier alpha value is -1.39. The van der Waals surface area contributed by atoms with Crippen molar-refractivity contribution in [2.24, 2.45) is 18.4 Å². The molecule has 0 spiro atoms. The van der Waals surface area contributed by atoms with Gasteiger partial charge in [-0.05, 0) is 18.3 Å². The Morgan fingerprint density at radius 3 is 2.59 bits per heavy atom. The smallest absolute Gasteiger partial charge is 0.307 e. The molecule has 3 rings (SSSR count). The van der Waals surface area contributed by atoms with Crippen molar-refractivity contribution >= 4 is 5.97 Å². The van der Waals surface area contributed by atoms with E-state index in [1.54, 1.807) is 4.68 Å². The lowest BCUT2D eigenvalue weighted by Crippen LogP contribution is -2.04. The van der Waals surface area contributed by atoms with Crippen molar-refractivity contribution in [2.45, 2.75) is 38.5 Å². The predicted octanol–water partition coefficient (Wildman–Crippen LogP) is 1.52. The van der Waals surface area contributed by atoms with Crippen molar-refractivity contribution < 1.29 is 9.90 Å². The van der Waals surface area contributed by atoms with E-state index in [2.05, 4.69) is 10.1 Å². The first-order valence-corrected chi connectivity index (χ1v) is 6.06. The normalized spacial score (nSPS) is 30.3. The van der Waals surface area contributed by atoms with Gasteiger partial charge in [0.25, 0.3) is 0 Å². The molecule has 17 heavy (non-hydrogen) atoms. The van der Waals surface area contributed by atoms with Crippen molar-refractivity contribution in [1.82, 2.24) is 14.8 Å². The van der Waals surface area contributed by atoms with Crippen LogP contribution in [-0.2, 0) is 11.8 Å². The molecule has 0 aromatic carbocycles. The Bertz CT molecular complexity index is 488. The average Bonchev–Trinajstić information content (AvgIpc) is 3.08. The molecule has 0 saturated heterocycles. The molecule has 0 aliphatic heterocycles. The molecule has 2 fully saturated rings. The van der Waals surface area contributed by atoms with Gasteiger partial charge in [0.1, 0.15) is 5.82 Å². The molecule has 5 heteroatoms. The SMILES string of the molecule is Cn1nc(C2CC2)nc1C1C(C(=O)O)C1(C)C. The minimum Gasteiger partial charge on any atom is -0.481 e. The van der Waals surface area contributed by atoms with E-state index in [0.29, 0.717) is 5.92 Å². The molecule has 1 N–H and O–H groups in total. The Morgan fingerprint density at radius 1 is 1.47 bits per heavy atom. The summed E-state index contributed by atoms with van der Waals surface area (Å²) in [5.41, 5.74) is -0.201. The van der Waals surface area contributed by atoms with Gasteiger partial charge in [0.05, 0.1) is 5.92 Å². The number of hydrogen-bond acceptors (Lipinski definition) is 3. The Labute approximate surface area is 99.9 Å². The maximum Gasteiger partial charge on any atom is 0.307 e. The lowest BCUT2D eigenvalue weighted by Gasteiger charge is -2.00. The minimum absolute atomic E-state index is 0.00463. The Balaban J connectivity index is 1.92. The van der Waals surface area contributed by atoms with Crippen LogP contribution in [0.5, 0.6) is 0 Å². The monoisotopic (exact) mass is 235 g/mol. The first-order chi connectivity index (χ1) is 7.93. The summed E-state index contributed by atoms with van der Waals surface area (Å²) in [6, 6.07) is 0. The standard InChI is InChI=1S/C12H17N3O2/c1-12(2)7(8(12)11(16)17)10-13-9(6-4-5-6)14-15(10)3/h6-8H,4-5H2,1-3H3,(H,16,17). The van der Waals surface area contributed by atoms with Gasteiger partial charge in [0, 0.05) is 18.9 Å². The molecular weight excluding hydrogens is 218 g/mol. The maximum absolute atomic E-state index is 11.2. The quantitative estimate of drug-likeness (QED) is 0.862. The fourth-order valence-electron chi connectivity index (χ4n) is 2.78. The molecule has 0 radical (unpaired) electrons. The highest BCUT2D eigenvalue weighted by Crippen LogP contribution is 2.64. The second-order valence-corrected chi connectivity index (χ2v) is 5.84. The molecule has 1 aromatic heterocycles. The van der Waals surface area contributed by atoms with E-state index in [-0.39, 0.29) is 17.3 Å². The van der Waals surface area contributed by atoms with Gasteiger partial charge in [0.15, 0.2) is 5.82 Å². The number of carboxylic acid groups (broad SMARTS) is 1. The van der Waals surface area contributed by atoms with Crippen LogP contribution >= 0.6 is 0 Å². The Morgan fingerprint density at radius 2 is 2.12 bits per heavy atom. The van der Waals surface area contributed by atoms with Crippen molar-refractivity contribution in [3.05, 3.63) is 11.6 Å². The topological polar surface area (TPSA) is 68.0 Å². The van der Waals surface area contributed by atoms with E-state index in [1.165, 1.54) is 12.8 Å². The van der Waals surface area contributed by atoms with Crippen LogP contribution in [0.3, 0.4) is 0 Å². The third-order valence-electron chi connectivity index (χ3n) is 4.13. The predicted molar refractivity (Wildman–Crippen MR) is 60.6 cm³/mol. The molecule has 1 heterocycles. The van der Waals surface area contributed by atoms with Crippen LogP contribution in [0.4, 0.5) is 0 Å². The van der Waals surface area contributed by atoms with E-state index in [9.17, 15) is 9.90 Å². The van der Waals surface area contributed by atoms with Crippen LogP contribution < -0.4 is 0 Å². The zero-order chi connectivity index (χ0) is 12.4. The number of aliphatic carboxylic acids is 1. The van der Waals surface area contributed by atoms with E-state index in [4.69, 9.17) is 0 Å². The lowest BCUT2D eigenvalue weighted by atomic mass is 10.1. The molecule has 2 atom stereocenters. The van der Waals surface area contributed by atoms with E-state index in [1.807, 2.05) is 20.9 Å². The van der Waals surface area contributed by atoms with Gasteiger partial charge < -0.3 is 5.11 Å². The molecule has 0 bridgehead atoms. The fourth-order valence-corrected chi connectivity index (χ4v) is 2.78. The second-order valence-electron chi connectivity index (χ2n) is 5.84. The largest absolute Gasteiger partial charge is 0.481 e. The summed E-state index contributed by atoms with van der Waals surface area (Å²) in [4.78, 5) is 15.7. The third kappa shape index (κ3) is 1.48. The van der Waals surface area contributed by atoms with Crippen molar-refractivity contribution in [3.8, 4) is 0 Å². The average molecular weight is 235 g/mol. The van der Waals surface area contributed by atoms with Gasteiger partial charge in [-0.15, -0.1) is 0 Å². The van der Waals surface area contributed by atoms with Gasteiger partial charge in [0.2, 0.25) is 0 Å². The van der Waals surface area contributed by atoms with Gasteiger partial charge in [-0.2, -0.15) is 5.10 Å². The number of carbonyl (C=O) groups is 1. The minimum atomic E-state index is -0.726. The second kappa shape index (κ2) is 3.09. The summed E-state index contributed by atoms with van der Waals surface area (Å²) in [6.45, 7) is 3.98. The number of nitrogens with zero attached hydrogens (tertiary/aromatic N) is 3. The summed E-state index contributed by atoms with van der Waals surface area (Å²) < 4.78 is 1.77. The summed E-state index contributed by atoms with van der Waals surface area (Å²) in [5.74, 6) is 1.21. The van der Waals surface area contributed by atoms with Crippen molar-refractivity contribution in [3.63, 3.8) is 0 Å². The molecule has 92 valence electrons. The molecule has 1 aromatic rings. The molecule has 0 amide bonds. The number of rotatable bonds is 3. The van der Waals surface area contributed by atoms with Gasteiger partial charge in [-0.1, -0.05) is 13.8 Å². The van der Waals surface area contributed by atoms with Gasteiger partial charge in [-0.3, -0.25) is 9.48 Å². The lowest BCUT2D eigenvalue weighted by molar-refractivity contribution is -0.139. The summed E-state index contributed by atoms with van der Waals surface area (Å²) in [6.07, 6.45) is 2.33. The van der Waals surface area contributed by atoms with E-state index < -0.39 is 5.97 Å². The summed E-state index contributed by atoms with van der Waals surface area (Å²) in [7, 11) is 1.86. The number of aromatic nitrogens is 3. The highest BCUT2D eigenvalue weighted by Gasteiger charge is 2.64. The van der Waals surface area contributed by atoms with E-state index >= 15 is 0 Å². The van der Waals surface area contributed by atoms with Crippen LogP contribution in [0.15, 0.2) is 0 Å². The fraction of sp³-hybridized carbons (Fsp3) is 0.750. The Kier molecular flexibility index (Phi) is 1.95. The number of hydrogen-bond donors (Lipinski definition) is 1. The number of aryl methyl sites for hydroxylation is 1. The highest BCUT2D eigenvalue weighted by atomic mass is 16.4. The van der Waals surface area contributed by atoms with Crippen LogP contribution in [0, 0.1) is 11.3 Å². The van der Waals surface area contributed by atoms with Crippen LogP contribution in [0.25, 0.3) is 0 Å². The molecule has 2 aliphatic rings. The van der Waals surface area contributed by atoms with Gasteiger partial charge >= 0.3 is 5.97 Å². The van der Waals surface area contributed by atoms with E-state index in [0.717, 1.165) is 11.6 Å². The molecule has 2 saturated carbocycles. The third-order valence-corrected chi connectivity index (χ3v) is 4.13. The highest BCUT2D eigenvalue weighted by molar-refractivity contribution is 5.77. The maximum atomic E-state index is 11.2. The van der Waals surface area contributed by atoms with Crippen LogP contribution in [-0.4, -0.2) is 25.8 Å². The van der Waals surface area contributed by atoms with Crippen LogP contribution in [0.1, 0.15) is 50.2 Å². The first kappa shape index (κ1) is 10.7. The molecule has 5 nitrogen and oxygen atoms in total. The van der Waals surface area contributed by atoms with Crippen molar-refractivity contribution in [1.29, 1.82) is 0 Å². The summed E-state index contributed by atoms with van der Waals surface area (Å²) >= 11 is 0.